The van der Waals surface area contributed by atoms with Gasteiger partial charge in [-0.3, -0.25) is 0 Å². The summed E-state index contributed by atoms with van der Waals surface area (Å²) in [5.41, 5.74) is 6.05. The molecule has 0 aliphatic heterocycles. The number of benzene rings is 1. The van der Waals surface area contributed by atoms with Crippen molar-refractivity contribution in [3.63, 3.8) is 0 Å². The van der Waals surface area contributed by atoms with E-state index in [2.05, 4.69) is 11.6 Å². The highest BCUT2D eigenvalue weighted by atomic mass is 32.2. The van der Waals surface area contributed by atoms with Crippen LogP contribution in [0.1, 0.15) is 45.1 Å². The summed E-state index contributed by atoms with van der Waals surface area (Å²) < 4.78 is 40.6. The molecule has 4 nitrogen and oxygen atoms in total. The fourth-order valence-electron chi connectivity index (χ4n) is 2.08. The van der Waals surface area contributed by atoms with Gasteiger partial charge in [0.1, 0.15) is 5.82 Å². The number of nitrogen functional groups attached to an aromatic ring is 1. The highest BCUT2D eigenvalue weighted by Crippen LogP contribution is 2.21. The van der Waals surface area contributed by atoms with Gasteiger partial charge < -0.3 is 5.73 Å². The smallest absolute Gasteiger partial charge is 0.240 e. The standard InChI is InChI=1S/C15H25FN2O2S/c1-4-6-7-12(5-2)10-18-21(19,20)13-8-14(16)11(3)15(17)9-13/h8-9,12,18H,4-7,10,17H2,1-3H3. The molecule has 0 spiro atoms. The average molecular weight is 316 g/mol. The lowest BCUT2D eigenvalue weighted by molar-refractivity contribution is 0.443. The van der Waals surface area contributed by atoms with E-state index in [-0.39, 0.29) is 16.1 Å². The first-order chi connectivity index (χ1) is 9.81. The molecular weight excluding hydrogens is 291 g/mol. The maximum atomic E-state index is 13.6. The van der Waals surface area contributed by atoms with Crippen molar-refractivity contribution in [2.75, 3.05) is 12.3 Å². The Balaban J connectivity index is 2.82. The zero-order chi connectivity index (χ0) is 16.0. The van der Waals surface area contributed by atoms with E-state index in [1.165, 1.54) is 13.0 Å². The van der Waals surface area contributed by atoms with Crippen molar-refractivity contribution in [1.82, 2.24) is 4.72 Å². The number of sulfonamides is 1. The lowest BCUT2D eigenvalue weighted by Crippen LogP contribution is -2.29. The predicted octanol–water partition coefficient (Wildman–Crippen LogP) is 3.21. The molecule has 0 radical (unpaired) electrons. The van der Waals surface area contributed by atoms with Gasteiger partial charge in [0.2, 0.25) is 10.0 Å². The molecule has 0 fully saturated rings. The summed E-state index contributed by atoms with van der Waals surface area (Å²) in [4.78, 5) is -0.117. The van der Waals surface area contributed by atoms with Gasteiger partial charge >= 0.3 is 0 Å². The molecule has 120 valence electrons. The van der Waals surface area contributed by atoms with Crippen LogP contribution in [0.4, 0.5) is 10.1 Å². The normalized spacial score (nSPS) is 13.3. The number of rotatable bonds is 8. The summed E-state index contributed by atoms with van der Waals surface area (Å²) in [6.07, 6.45) is 4.06. The van der Waals surface area contributed by atoms with Crippen molar-refractivity contribution in [3.05, 3.63) is 23.5 Å². The molecule has 3 N–H and O–H groups in total. The van der Waals surface area contributed by atoms with Crippen LogP contribution in [0.5, 0.6) is 0 Å². The Morgan fingerprint density at radius 2 is 2.00 bits per heavy atom. The number of hydrogen-bond donors (Lipinski definition) is 2. The molecule has 1 rings (SSSR count). The third-order valence-electron chi connectivity index (χ3n) is 3.77. The zero-order valence-corrected chi connectivity index (χ0v) is 13.8. The minimum absolute atomic E-state index is 0.117. The van der Waals surface area contributed by atoms with Crippen LogP contribution in [0.25, 0.3) is 0 Å². The number of anilines is 1. The molecule has 0 bridgehead atoms. The highest BCUT2D eigenvalue weighted by molar-refractivity contribution is 7.89. The fraction of sp³-hybridized carbons (Fsp3) is 0.600. The molecule has 0 aliphatic carbocycles. The van der Waals surface area contributed by atoms with Gasteiger partial charge in [0.25, 0.3) is 0 Å². The van der Waals surface area contributed by atoms with E-state index in [0.717, 1.165) is 31.7 Å². The van der Waals surface area contributed by atoms with Crippen LogP contribution in [0.2, 0.25) is 0 Å². The minimum atomic E-state index is -3.72. The van der Waals surface area contributed by atoms with Crippen LogP contribution >= 0.6 is 0 Å². The fourth-order valence-corrected chi connectivity index (χ4v) is 3.25. The quantitative estimate of drug-likeness (QED) is 0.723. The third-order valence-corrected chi connectivity index (χ3v) is 5.18. The third kappa shape index (κ3) is 4.97. The van der Waals surface area contributed by atoms with E-state index >= 15 is 0 Å². The summed E-state index contributed by atoms with van der Waals surface area (Å²) >= 11 is 0. The zero-order valence-electron chi connectivity index (χ0n) is 12.9. The first-order valence-electron chi connectivity index (χ1n) is 7.37. The number of halogens is 1. The molecule has 1 atom stereocenters. The molecule has 0 amide bonds. The lowest BCUT2D eigenvalue weighted by Gasteiger charge is -2.16. The summed E-state index contributed by atoms with van der Waals surface area (Å²) in [5.74, 6) is -0.305. The summed E-state index contributed by atoms with van der Waals surface area (Å²) in [7, 11) is -3.72. The van der Waals surface area contributed by atoms with E-state index in [1.54, 1.807) is 0 Å². The van der Waals surface area contributed by atoms with Crippen LogP contribution in [0.15, 0.2) is 17.0 Å². The summed E-state index contributed by atoms with van der Waals surface area (Å²) in [5, 5.41) is 0. The Labute approximate surface area is 127 Å². The van der Waals surface area contributed by atoms with E-state index < -0.39 is 15.8 Å². The van der Waals surface area contributed by atoms with Gasteiger partial charge in [-0.1, -0.05) is 33.1 Å². The van der Waals surface area contributed by atoms with Crippen molar-refractivity contribution in [2.24, 2.45) is 5.92 Å². The molecule has 0 heterocycles. The summed E-state index contributed by atoms with van der Waals surface area (Å²) in [6.45, 7) is 6.04. The highest BCUT2D eigenvalue weighted by Gasteiger charge is 2.18. The van der Waals surface area contributed by atoms with Crippen LogP contribution in [0.3, 0.4) is 0 Å². The average Bonchev–Trinajstić information content (AvgIpc) is 2.44. The van der Waals surface area contributed by atoms with Crippen LogP contribution in [-0.4, -0.2) is 15.0 Å². The number of unbranched alkanes of at least 4 members (excludes halogenated alkanes) is 1. The SMILES string of the molecule is CCCCC(CC)CNS(=O)(=O)c1cc(N)c(C)c(F)c1. The monoisotopic (exact) mass is 316 g/mol. The van der Waals surface area contributed by atoms with Gasteiger partial charge in [-0.15, -0.1) is 0 Å². The maximum absolute atomic E-state index is 13.6. The van der Waals surface area contributed by atoms with Crippen LogP contribution < -0.4 is 10.5 Å². The van der Waals surface area contributed by atoms with Gasteiger partial charge in [-0.05, 0) is 31.4 Å². The number of hydrogen-bond acceptors (Lipinski definition) is 3. The molecule has 0 aromatic heterocycles. The molecule has 0 saturated heterocycles. The second-order valence-corrected chi connectivity index (χ2v) is 7.15. The van der Waals surface area contributed by atoms with Gasteiger partial charge in [0.05, 0.1) is 4.90 Å². The lowest BCUT2D eigenvalue weighted by atomic mass is 10.00. The van der Waals surface area contributed by atoms with Gasteiger partial charge in [0, 0.05) is 17.8 Å². The van der Waals surface area contributed by atoms with Gasteiger partial charge in [-0.25, -0.2) is 17.5 Å². The largest absolute Gasteiger partial charge is 0.398 e. The van der Waals surface area contributed by atoms with Crippen molar-refractivity contribution in [3.8, 4) is 0 Å². The predicted molar refractivity (Wildman–Crippen MR) is 84.0 cm³/mol. The number of nitrogens with two attached hydrogens (primary N) is 1. The molecule has 1 aromatic rings. The Bertz CT molecular complexity index is 550. The van der Waals surface area contributed by atoms with E-state index in [9.17, 15) is 12.8 Å². The van der Waals surface area contributed by atoms with Crippen molar-refractivity contribution in [2.45, 2.75) is 51.3 Å². The molecule has 1 unspecified atom stereocenters. The molecule has 6 heteroatoms. The molecule has 1 aromatic carbocycles. The topological polar surface area (TPSA) is 72.2 Å². The Morgan fingerprint density at radius 1 is 1.33 bits per heavy atom. The first-order valence-corrected chi connectivity index (χ1v) is 8.85. The maximum Gasteiger partial charge on any atom is 0.240 e. The molecule has 0 aliphatic rings. The van der Waals surface area contributed by atoms with E-state index in [0.29, 0.717) is 12.5 Å². The first kappa shape index (κ1) is 17.9. The van der Waals surface area contributed by atoms with E-state index in [1.807, 2.05) is 6.92 Å². The molecule has 21 heavy (non-hydrogen) atoms. The van der Waals surface area contributed by atoms with Gasteiger partial charge in [0.15, 0.2) is 0 Å². The summed E-state index contributed by atoms with van der Waals surface area (Å²) in [6, 6.07) is 2.31. The minimum Gasteiger partial charge on any atom is -0.398 e. The molecule has 0 saturated carbocycles. The second kappa shape index (κ2) is 7.75. The van der Waals surface area contributed by atoms with Crippen LogP contribution in [0, 0.1) is 18.7 Å². The van der Waals surface area contributed by atoms with E-state index in [4.69, 9.17) is 5.73 Å². The van der Waals surface area contributed by atoms with Crippen molar-refractivity contribution in [1.29, 1.82) is 0 Å². The van der Waals surface area contributed by atoms with Gasteiger partial charge in [-0.2, -0.15) is 0 Å². The molecular formula is C15H25FN2O2S. The van der Waals surface area contributed by atoms with Crippen LogP contribution in [-0.2, 0) is 10.0 Å². The Hall–Kier alpha value is -1.14. The second-order valence-electron chi connectivity index (χ2n) is 5.39. The Kier molecular flexibility index (Phi) is 6.61. The Morgan fingerprint density at radius 3 is 2.52 bits per heavy atom. The van der Waals surface area contributed by atoms with Crippen molar-refractivity contribution >= 4 is 15.7 Å². The number of nitrogens with one attached hydrogen (secondary N) is 1. The van der Waals surface area contributed by atoms with Crippen molar-refractivity contribution < 1.29 is 12.8 Å².